The molecule has 0 bridgehead atoms. The lowest BCUT2D eigenvalue weighted by Gasteiger charge is -2.12. The molecule has 5 nitrogen and oxygen atoms in total. The zero-order chi connectivity index (χ0) is 17.4. The molecule has 0 radical (unpaired) electrons. The maximum absolute atomic E-state index is 12.5. The highest BCUT2D eigenvalue weighted by atomic mass is 16.5. The molecule has 0 atom stereocenters. The van der Waals surface area contributed by atoms with Crippen molar-refractivity contribution in [1.29, 1.82) is 0 Å². The molecule has 0 aromatic heterocycles. The standard InChI is InChI=1S/C19H21NO4/c1-2-3-6-12-24-17-11-5-4-10-16(17)18(21)20-15-9-7-8-14(13-15)19(22)23/h4-5,7-11,13H,2-3,6,12H2,1H3,(H,20,21)(H,22,23). The summed E-state index contributed by atoms with van der Waals surface area (Å²) in [6.07, 6.45) is 3.12. The van der Waals surface area contributed by atoms with Gasteiger partial charge in [-0.2, -0.15) is 0 Å². The van der Waals surface area contributed by atoms with Crippen LogP contribution < -0.4 is 10.1 Å². The van der Waals surface area contributed by atoms with Gasteiger partial charge in [-0.15, -0.1) is 0 Å². The van der Waals surface area contributed by atoms with Crippen LogP contribution in [0.5, 0.6) is 5.75 Å². The monoisotopic (exact) mass is 327 g/mol. The Bertz CT molecular complexity index is 712. The summed E-state index contributed by atoms with van der Waals surface area (Å²) in [5.41, 5.74) is 0.979. The first kappa shape index (κ1) is 17.5. The number of carbonyl (C=O) groups excluding carboxylic acids is 1. The van der Waals surface area contributed by atoms with Crippen molar-refractivity contribution in [2.45, 2.75) is 26.2 Å². The largest absolute Gasteiger partial charge is 0.493 e. The molecule has 0 unspecified atom stereocenters. The van der Waals surface area contributed by atoms with Crippen molar-refractivity contribution >= 4 is 17.6 Å². The van der Waals surface area contributed by atoms with Crippen LogP contribution in [-0.2, 0) is 0 Å². The number of benzene rings is 2. The van der Waals surface area contributed by atoms with Crippen LogP contribution in [0.2, 0.25) is 0 Å². The van der Waals surface area contributed by atoms with E-state index >= 15 is 0 Å². The number of hydrogen-bond acceptors (Lipinski definition) is 3. The van der Waals surface area contributed by atoms with E-state index in [2.05, 4.69) is 12.2 Å². The van der Waals surface area contributed by atoms with Crippen LogP contribution in [0.1, 0.15) is 46.9 Å². The lowest BCUT2D eigenvalue weighted by molar-refractivity contribution is 0.0696. The molecule has 0 heterocycles. The molecule has 5 heteroatoms. The van der Waals surface area contributed by atoms with Crippen LogP contribution in [0.25, 0.3) is 0 Å². The highest BCUT2D eigenvalue weighted by molar-refractivity contribution is 6.06. The number of anilines is 1. The van der Waals surface area contributed by atoms with Crippen LogP contribution in [-0.4, -0.2) is 23.6 Å². The van der Waals surface area contributed by atoms with Gasteiger partial charge in [0, 0.05) is 5.69 Å². The smallest absolute Gasteiger partial charge is 0.335 e. The summed E-state index contributed by atoms with van der Waals surface area (Å²) in [7, 11) is 0. The fourth-order valence-electron chi connectivity index (χ4n) is 2.24. The molecule has 0 aliphatic rings. The Kier molecular flexibility index (Phi) is 6.37. The Morgan fingerprint density at radius 1 is 1.08 bits per heavy atom. The van der Waals surface area contributed by atoms with Gasteiger partial charge < -0.3 is 15.2 Å². The minimum atomic E-state index is -1.04. The molecule has 0 aliphatic heterocycles. The molecule has 0 aliphatic carbocycles. The molecule has 2 aromatic rings. The lowest BCUT2D eigenvalue weighted by atomic mass is 10.1. The van der Waals surface area contributed by atoms with E-state index in [0.29, 0.717) is 23.6 Å². The summed E-state index contributed by atoms with van der Waals surface area (Å²) in [5.74, 6) is -0.838. The van der Waals surface area contributed by atoms with Crippen molar-refractivity contribution in [3.63, 3.8) is 0 Å². The quantitative estimate of drug-likeness (QED) is 0.712. The van der Waals surface area contributed by atoms with Gasteiger partial charge in [-0.3, -0.25) is 4.79 Å². The highest BCUT2D eigenvalue weighted by Gasteiger charge is 2.13. The van der Waals surface area contributed by atoms with E-state index < -0.39 is 5.97 Å². The van der Waals surface area contributed by atoms with Crippen molar-refractivity contribution in [2.75, 3.05) is 11.9 Å². The Morgan fingerprint density at radius 3 is 2.62 bits per heavy atom. The van der Waals surface area contributed by atoms with Gasteiger partial charge in [-0.05, 0) is 36.8 Å². The third kappa shape index (κ3) is 4.84. The van der Waals surface area contributed by atoms with Crippen molar-refractivity contribution in [1.82, 2.24) is 0 Å². The third-order valence-corrected chi connectivity index (χ3v) is 3.50. The number of hydrogen-bond donors (Lipinski definition) is 2. The van der Waals surface area contributed by atoms with E-state index in [9.17, 15) is 9.59 Å². The summed E-state index contributed by atoms with van der Waals surface area (Å²) in [6.45, 7) is 2.68. The van der Waals surface area contributed by atoms with E-state index in [0.717, 1.165) is 19.3 Å². The summed E-state index contributed by atoms with van der Waals surface area (Å²) in [6, 6.07) is 13.2. The van der Waals surface area contributed by atoms with Crippen molar-refractivity contribution in [3.05, 3.63) is 59.7 Å². The number of carboxylic acid groups (broad SMARTS) is 1. The first-order valence-corrected chi connectivity index (χ1v) is 7.98. The van der Waals surface area contributed by atoms with Crippen LogP contribution in [0.15, 0.2) is 48.5 Å². The number of amides is 1. The summed E-state index contributed by atoms with van der Waals surface area (Å²) >= 11 is 0. The van der Waals surface area contributed by atoms with Crippen LogP contribution in [0, 0.1) is 0 Å². The minimum absolute atomic E-state index is 0.122. The first-order chi connectivity index (χ1) is 11.6. The van der Waals surface area contributed by atoms with Gasteiger partial charge in [0.2, 0.25) is 0 Å². The predicted octanol–water partition coefficient (Wildman–Crippen LogP) is 4.21. The third-order valence-electron chi connectivity index (χ3n) is 3.50. The summed E-state index contributed by atoms with van der Waals surface area (Å²) < 4.78 is 5.71. The molecule has 0 saturated carbocycles. The van der Waals surface area contributed by atoms with Crippen molar-refractivity contribution < 1.29 is 19.4 Å². The Labute approximate surface area is 141 Å². The number of aromatic carboxylic acids is 1. The van der Waals surface area contributed by atoms with Gasteiger partial charge in [-0.25, -0.2) is 4.79 Å². The van der Waals surface area contributed by atoms with Gasteiger partial charge in [0.15, 0.2) is 0 Å². The van der Waals surface area contributed by atoms with E-state index in [4.69, 9.17) is 9.84 Å². The van der Waals surface area contributed by atoms with Gasteiger partial charge in [-0.1, -0.05) is 38.0 Å². The average Bonchev–Trinajstić information content (AvgIpc) is 2.59. The van der Waals surface area contributed by atoms with Gasteiger partial charge in [0.25, 0.3) is 5.91 Å². The number of rotatable bonds is 8. The maximum Gasteiger partial charge on any atom is 0.335 e. The van der Waals surface area contributed by atoms with Gasteiger partial charge >= 0.3 is 5.97 Å². The second-order valence-corrected chi connectivity index (χ2v) is 5.39. The Balaban J connectivity index is 2.09. The van der Waals surface area contributed by atoms with Crippen molar-refractivity contribution in [3.8, 4) is 5.75 Å². The first-order valence-electron chi connectivity index (χ1n) is 7.98. The van der Waals surface area contributed by atoms with Crippen molar-refractivity contribution in [2.24, 2.45) is 0 Å². The van der Waals surface area contributed by atoms with E-state index in [1.807, 2.05) is 6.07 Å². The molecule has 2 N–H and O–H groups in total. The fraction of sp³-hybridized carbons (Fsp3) is 0.263. The molecular formula is C19H21NO4. The lowest BCUT2D eigenvalue weighted by Crippen LogP contribution is -2.14. The Morgan fingerprint density at radius 2 is 1.88 bits per heavy atom. The average molecular weight is 327 g/mol. The zero-order valence-corrected chi connectivity index (χ0v) is 13.6. The summed E-state index contributed by atoms with van der Waals surface area (Å²) in [4.78, 5) is 23.5. The van der Waals surface area contributed by atoms with Gasteiger partial charge in [0.05, 0.1) is 17.7 Å². The molecule has 126 valence electrons. The minimum Gasteiger partial charge on any atom is -0.493 e. The number of ether oxygens (including phenoxy) is 1. The molecule has 2 rings (SSSR count). The van der Waals surface area contributed by atoms with Gasteiger partial charge in [0.1, 0.15) is 5.75 Å². The number of para-hydroxylation sites is 1. The normalized spacial score (nSPS) is 10.2. The second-order valence-electron chi connectivity index (χ2n) is 5.39. The SMILES string of the molecule is CCCCCOc1ccccc1C(=O)Nc1cccc(C(=O)O)c1. The predicted molar refractivity (Wildman–Crippen MR) is 92.8 cm³/mol. The zero-order valence-electron chi connectivity index (χ0n) is 13.6. The van der Waals surface area contributed by atoms with E-state index in [1.165, 1.54) is 12.1 Å². The molecular weight excluding hydrogens is 306 g/mol. The Hall–Kier alpha value is -2.82. The van der Waals surface area contributed by atoms with E-state index in [-0.39, 0.29) is 11.5 Å². The number of nitrogens with one attached hydrogen (secondary N) is 1. The molecule has 0 spiro atoms. The number of unbranched alkanes of at least 4 members (excludes halogenated alkanes) is 2. The molecule has 2 aromatic carbocycles. The van der Waals surface area contributed by atoms with Crippen LogP contribution >= 0.6 is 0 Å². The topological polar surface area (TPSA) is 75.6 Å². The number of carbonyl (C=O) groups is 2. The molecule has 0 fully saturated rings. The summed E-state index contributed by atoms with van der Waals surface area (Å²) in [5, 5.41) is 11.7. The maximum atomic E-state index is 12.5. The number of carboxylic acids is 1. The molecule has 24 heavy (non-hydrogen) atoms. The fourth-order valence-corrected chi connectivity index (χ4v) is 2.24. The van der Waals surface area contributed by atoms with E-state index in [1.54, 1.807) is 30.3 Å². The highest BCUT2D eigenvalue weighted by Crippen LogP contribution is 2.20. The molecule has 1 amide bonds. The molecule has 0 saturated heterocycles. The van der Waals surface area contributed by atoms with Crippen LogP contribution in [0.4, 0.5) is 5.69 Å². The van der Waals surface area contributed by atoms with Crippen LogP contribution in [0.3, 0.4) is 0 Å². The second kappa shape index (κ2) is 8.72.